The monoisotopic (exact) mass is 301 g/mol. The molecular weight excluding hydrogens is 289 g/mol. The van der Waals surface area contributed by atoms with Crippen LogP contribution in [0.4, 0.5) is 4.39 Å². The van der Waals surface area contributed by atoms with Crippen molar-refractivity contribution in [1.29, 1.82) is 0 Å². The second-order valence-corrected chi connectivity index (χ2v) is 4.57. The molecule has 0 spiro atoms. The average Bonchev–Trinajstić information content (AvgIpc) is 3.15. The van der Waals surface area contributed by atoms with Crippen molar-refractivity contribution in [3.8, 4) is 11.3 Å². The predicted octanol–water partition coefficient (Wildman–Crippen LogP) is 2.71. The van der Waals surface area contributed by atoms with E-state index < -0.39 is 5.91 Å². The van der Waals surface area contributed by atoms with E-state index in [0.717, 1.165) is 0 Å². The van der Waals surface area contributed by atoms with E-state index in [1.54, 1.807) is 6.92 Å². The molecule has 0 aliphatic carbocycles. The number of amides is 1. The van der Waals surface area contributed by atoms with E-state index in [9.17, 15) is 9.18 Å². The van der Waals surface area contributed by atoms with Gasteiger partial charge in [-0.05, 0) is 31.2 Å². The maximum Gasteiger partial charge on any atom is 0.274 e. The van der Waals surface area contributed by atoms with Crippen molar-refractivity contribution in [2.75, 3.05) is 0 Å². The standard InChI is InChI=1S/C15H12FN3O3/c1-9-12(18-7-21-9)6-17-15(20)13-14(22-8-19-13)10-2-4-11(16)5-3-10/h2-5,7-8H,6H2,1H3,(H,17,20). The Balaban J connectivity index is 1.78. The van der Waals surface area contributed by atoms with Gasteiger partial charge in [-0.15, -0.1) is 0 Å². The molecule has 0 fully saturated rings. The number of hydrogen-bond acceptors (Lipinski definition) is 5. The molecule has 3 aromatic rings. The Bertz CT molecular complexity index is 792. The molecular formula is C15H12FN3O3. The first-order valence-electron chi connectivity index (χ1n) is 6.51. The van der Waals surface area contributed by atoms with Crippen molar-refractivity contribution in [3.05, 3.63) is 60.0 Å². The van der Waals surface area contributed by atoms with Gasteiger partial charge in [-0.3, -0.25) is 4.79 Å². The number of aromatic nitrogens is 2. The summed E-state index contributed by atoms with van der Waals surface area (Å²) in [5, 5.41) is 2.69. The number of nitrogens with one attached hydrogen (secondary N) is 1. The molecule has 0 bridgehead atoms. The molecule has 0 aliphatic heterocycles. The zero-order valence-corrected chi connectivity index (χ0v) is 11.7. The number of carbonyl (C=O) groups is 1. The molecule has 0 radical (unpaired) electrons. The van der Waals surface area contributed by atoms with Crippen molar-refractivity contribution in [3.63, 3.8) is 0 Å². The highest BCUT2D eigenvalue weighted by atomic mass is 19.1. The lowest BCUT2D eigenvalue weighted by atomic mass is 10.1. The number of carbonyl (C=O) groups excluding carboxylic acids is 1. The van der Waals surface area contributed by atoms with E-state index in [2.05, 4.69) is 15.3 Å². The Hall–Kier alpha value is -2.96. The van der Waals surface area contributed by atoms with Crippen LogP contribution >= 0.6 is 0 Å². The highest BCUT2D eigenvalue weighted by molar-refractivity contribution is 5.97. The van der Waals surface area contributed by atoms with Gasteiger partial charge in [0.05, 0.1) is 6.54 Å². The second-order valence-electron chi connectivity index (χ2n) is 4.57. The molecule has 1 amide bonds. The Morgan fingerprint density at radius 1 is 1.18 bits per heavy atom. The highest BCUT2D eigenvalue weighted by Crippen LogP contribution is 2.23. The predicted molar refractivity (Wildman–Crippen MR) is 74.3 cm³/mol. The summed E-state index contributed by atoms with van der Waals surface area (Å²) in [6, 6.07) is 5.62. The van der Waals surface area contributed by atoms with Gasteiger partial charge < -0.3 is 14.2 Å². The molecule has 1 N–H and O–H groups in total. The third-order valence-electron chi connectivity index (χ3n) is 3.15. The van der Waals surface area contributed by atoms with Crippen LogP contribution in [-0.2, 0) is 6.54 Å². The number of oxazole rings is 2. The number of aryl methyl sites for hydroxylation is 1. The molecule has 3 rings (SSSR count). The van der Waals surface area contributed by atoms with E-state index in [1.807, 2.05) is 0 Å². The molecule has 0 saturated carbocycles. The Morgan fingerprint density at radius 2 is 1.91 bits per heavy atom. The fourth-order valence-corrected chi connectivity index (χ4v) is 1.96. The smallest absolute Gasteiger partial charge is 0.274 e. The number of nitrogens with zero attached hydrogens (tertiary/aromatic N) is 2. The zero-order valence-electron chi connectivity index (χ0n) is 11.7. The summed E-state index contributed by atoms with van der Waals surface area (Å²) in [4.78, 5) is 20.1. The number of rotatable bonds is 4. The Morgan fingerprint density at radius 3 is 2.59 bits per heavy atom. The van der Waals surface area contributed by atoms with Crippen LogP contribution in [0, 0.1) is 12.7 Å². The van der Waals surface area contributed by atoms with Gasteiger partial charge in [0.1, 0.15) is 17.3 Å². The number of benzene rings is 1. The molecule has 0 saturated heterocycles. The fraction of sp³-hybridized carbons (Fsp3) is 0.133. The maximum absolute atomic E-state index is 13.0. The molecule has 6 nitrogen and oxygen atoms in total. The van der Waals surface area contributed by atoms with Gasteiger partial charge in [0, 0.05) is 5.56 Å². The van der Waals surface area contributed by atoms with Crippen LogP contribution in [0.3, 0.4) is 0 Å². The molecule has 0 atom stereocenters. The van der Waals surface area contributed by atoms with Gasteiger partial charge in [-0.25, -0.2) is 14.4 Å². The first-order chi connectivity index (χ1) is 10.6. The summed E-state index contributed by atoms with van der Waals surface area (Å²) in [5.41, 5.74) is 1.34. The second kappa shape index (κ2) is 5.80. The SMILES string of the molecule is Cc1ocnc1CNC(=O)c1ncoc1-c1ccc(F)cc1. The molecule has 0 unspecified atom stereocenters. The van der Waals surface area contributed by atoms with E-state index in [-0.39, 0.29) is 23.8 Å². The minimum atomic E-state index is -0.407. The van der Waals surface area contributed by atoms with Crippen molar-refractivity contribution in [2.45, 2.75) is 13.5 Å². The van der Waals surface area contributed by atoms with Crippen LogP contribution in [0.5, 0.6) is 0 Å². The summed E-state index contributed by atoms with van der Waals surface area (Å²) in [6.45, 7) is 1.98. The molecule has 7 heteroatoms. The van der Waals surface area contributed by atoms with E-state index in [0.29, 0.717) is 17.0 Å². The summed E-state index contributed by atoms with van der Waals surface area (Å²) in [5.74, 6) is 0.153. The van der Waals surface area contributed by atoms with Crippen LogP contribution in [-0.4, -0.2) is 15.9 Å². The molecule has 0 aliphatic rings. The number of halogens is 1. The van der Waals surface area contributed by atoms with Crippen LogP contribution in [0.15, 0.2) is 45.9 Å². The minimum absolute atomic E-state index is 0.132. The lowest BCUT2D eigenvalue weighted by molar-refractivity contribution is 0.0946. The van der Waals surface area contributed by atoms with E-state index in [1.165, 1.54) is 37.1 Å². The van der Waals surface area contributed by atoms with Crippen molar-refractivity contribution >= 4 is 5.91 Å². The van der Waals surface area contributed by atoms with Gasteiger partial charge >= 0.3 is 0 Å². The summed E-state index contributed by atoms with van der Waals surface area (Å²) >= 11 is 0. The largest absolute Gasteiger partial charge is 0.448 e. The molecule has 22 heavy (non-hydrogen) atoms. The average molecular weight is 301 g/mol. The maximum atomic E-state index is 13.0. The van der Waals surface area contributed by atoms with Crippen LogP contribution in [0.25, 0.3) is 11.3 Å². The van der Waals surface area contributed by atoms with Crippen LogP contribution in [0.1, 0.15) is 21.9 Å². The van der Waals surface area contributed by atoms with Gasteiger partial charge in [0.25, 0.3) is 5.91 Å². The van der Waals surface area contributed by atoms with Gasteiger partial charge in [-0.1, -0.05) is 0 Å². The normalized spacial score (nSPS) is 10.6. The Labute approximate surface area is 125 Å². The summed E-state index contributed by atoms with van der Waals surface area (Å²) < 4.78 is 23.3. The van der Waals surface area contributed by atoms with Crippen LogP contribution < -0.4 is 5.32 Å². The number of hydrogen-bond donors (Lipinski definition) is 1. The quantitative estimate of drug-likeness (QED) is 0.801. The molecule has 2 aromatic heterocycles. The fourth-order valence-electron chi connectivity index (χ4n) is 1.96. The summed E-state index contributed by atoms with van der Waals surface area (Å²) in [6.07, 6.45) is 2.49. The molecule has 1 aromatic carbocycles. The minimum Gasteiger partial charge on any atom is -0.448 e. The van der Waals surface area contributed by atoms with Gasteiger partial charge in [-0.2, -0.15) is 0 Å². The van der Waals surface area contributed by atoms with Gasteiger partial charge in [0.15, 0.2) is 24.2 Å². The lowest BCUT2D eigenvalue weighted by Gasteiger charge is -2.03. The lowest BCUT2D eigenvalue weighted by Crippen LogP contribution is -2.24. The van der Waals surface area contributed by atoms with Crippen molar-refractivity contribution in [1.82, 2.24) is 15.3 Å². The summed E-state index contributed by atoms with van der Waals surface area (Å²) in [7, 11) is 0. The Kier molecular flexibility index (Phi) is 3.69. The topological polar surface area (TPSA) is 81.2 Å². The van der Waals surface area contributed by atoms with Crippen LogP contribution in [0.2, 0.25) is 0 Å². The zero-order chi connectivity index (χ0) is 15.5. The van der Waals surface area contributed by atoms with Crippen molar-refractivity contribution < 1.29 is 18.0 Å². The third kappa shape index (κ3) is 2.73. The van der Waals surface area contributed by atoms with E-state index in [4.69, 9.17) is 8.83 Å². The third-order valence-corrected chi connectivity index (χ3v) is 3.15. The molecule has 2 heterocycles. The van der Waals surface area contributed by atoms with Crippen molar-refractivity contribution in [2.24, 2.45) is 0 Å². The molecule has 112 valence electrons. The van der Waals surface area contributed by atoms with Gasteiger partial charge in [0.2, 0.25) is 0 Å². The first kappa shape index (κ1) is 14.0. The first-order valence-corrected chi connectivity index (χ1v) is 6.51. The van der Waals surface area contributed by atoms with E-state index >= 15 is 0 Å². The highest BCUT2D eigenvalue weighted by Gasteiger charge is 2.18.